The van der Waals surface area contributed by atoms with E-state index < -0.39 is 151 Å². The Labute approximate surface area is 477 Å². The molecule has 9 amide bonds. The summed E-state index contributed by atoms with van der Waals surface area (Å²) in [7, 11) is 0. The van der Waals surface area contributed by atoms with Gasteiger partial charge in [0.25, 0.3) is 0 Å². The van der Waals surface area contributed by atoms with Gasteiger partial charge >= 0.3 is 17.9 Å². The zero-order valence-electron chi connectivity index (χ0n) is 46.9. The monoisotopic (exact) mass is 1160 g/mol. The molecule has 4 aromatic rings. The van der Waals surface area contributed by atoms with E-state index in [1.807, 2.05) is 0 Å². The van der Waals surface area contributed by atoms with Crippen LogP contribution >= 0.6 is 0 Å². The number of H-pyrrole nitrogens is 2. The van der Waals surface area contributed by atoms with E-state index in [-0.39, 0.29) is 50.4 Å². The second-order valence-corrected chi connectivity index (χ2v) is 21.2. The number of aromatic nitrogens is 2. The number of aliphatic hydroxyl groups is 1. The number of hydrogen-bond donors (Lipinski definition) is 16. The van der Waals surface area contributed by atoms with Gasteiger partial charge in [0.05, 0.1) is 12.5 Å². The standard InChI is InChI=1S/C55H76N12O16/c1-26(2)19-38(63-47(74)28(5)60-54(81)46(57)29(6)68)50(77)67-42(23-45(72)73)53(80)66-40(21-30-24-58-34-13-9-7-11-32(30)34)51(78)61-36(16-18-44(70)71)48(75)65-41(22-31-25-59-35-14-10-8-12-33(31)35)52(79)64-39(20-27(3)4)49(76)62-37(55(82)83)15-17-43(56)69/h7-14,24-29,36-42,46,58-59,68H,15-23,57H2,1-6H3,(H2,56,69)(H,60,81)(H,61,78)(H,62,76)(H,63,74)(H,64,79)(H,65,75)(H,66,80)(H,67,77)(H,70,71)(H,72,73)(H,82,83). The zero-order chi connectivity index (χ0) is 61.8. The molecule has 28 nitrogen and oxygen atoms in total. The maximum absolute atomic E-state index is 14.7. The van der Waals surface area contributed by atoms with Gasteiger partial charge in [0.2, 0.25) is 53.2 Å². The van der Waals surface area contributed by atoms with Crippen LogP contribution in [0.4, 0.5) is 0 Å². The molecule has 4 rings (SSSR count). The van der Waals surface area contributed by atoms with Gasteiger partial charge in [-0.3, -0.25) is 52.7 Å². The fourth-order valence-electron chi connectivity index (χ4n) is 8.85. The molecule has 10 unspecified atom stereocenters. The predicted octanol–water partition coefficient (Wildman–Crippen LogP) is -1.18. The number of para-hydroxylation sites is 2. The summed E-state index contributed by atoms with van der Waals surface area (Å²) in [6.07, 6.45) is -1.98. The quantitative estimate of drug-likeness (QED) is 0.0262. The molecule has 83 heavy (non-hydrogen) atoms. The van der Waals surface area contributed by atoms with E-state index in [1.54, 1.807) is 82.4 Å². The van der Waals surface area contributed by atoms with E-state index in [0.717, 1.165) is 0 Å². The average Bonchev–Trinajstić information content (AvgIpc) is 4.20. The first-order chi connectivity index (χ1) is 39.0. The van der Waals surface area contributed by atoms with Crippen molar-refractivity contribution in [2.75, 3.05) is 0 Å². The van der Waals surface area contributed by atoms with Crippen LogP contribution in [0.5, 0.6) is 0 Å². The van der Waals surface area contributed by atoms with Crippen LogP contribution in [-0.2, 0) is 70.4 Å². The molecule has 0 aliphatic carbocycles. The predicted molar refractivity (Wildman–Crippen MR) is 299 cm³/mol. The Morgan fingerprint density at radius 2 is 0.855 bits per heavy atom. The molecule has 0 bridgehead atoms. The SMILES string of the molecule is CC(C)CC(NC(=O)C(C)NC(=O)C(N)C(C)O)C(=O)NC(CC(=O)O)C(=O)NC(Cc1c[nH]c2ccccc12)C(=O)NC(CCC(=O)O)C(=O)NC(Cc1c[nH]c2ccccc12)C(=O)NC(CC(C)C)C(=O)NC(CCC(N)=O)C(=O)O. The first-order valence-corrected chi connectivity index (χ1v) is 27.0. The summed E-state index contributed by atoms with van der Waals surface area (Å²) < 4.78 is 0. The van der Waals surface area contributed by atoms with E-state index in [1.165, 1.54) is 20.0 Å². The molecule has 0 aliphatic heterocycles. The average molecular weight is 1160 g/mol. The van der Waals surface area contributed by atoms with Crippen molar-refractivity contribution in [1.29, 1.82) is 0 Å². The van der Waals surface area contributed by atoms with Gasteiger partial charge in [0.15, 0.2) is 0 Å². The van der Waals surface area contributed by atoms with Crippen molar-refractivity contribution in [3.63, 3.8) is 0 Å². The molecule has 2 aromatic carbocycles. The fraction of sp³-hybridized carbons (Fsp3) is 0.491. The number of nitrogens with one attached hydrogen (secondary N) is 10. The molecule has 0 spiro atoms. The van der Waals surface area contributed by atoms with Gasteiger partial charge in [0, 0.05) is 59.9 Å². The van der Waals surface area contributed by atoms with Crippen LogP contribution in [0.25, 0.3) is 21.8 Å². The summed E-state index contributed by atoms with van der Waals surface area (Å²) in [6.45, 7) is 9.42. The molecule has 0 aliphatic rings. The molecule has 28 heteroatoms. The number of amides is 9. The summed E-state index contributed by atoms with van der Waals surface area (Å²) in [5.74, 6) is -13.9. The number of aromatic amines is 2. The number of fused-ring (bicyclic) bond motifs is 2. The van der Waals surface area contributed by atoms with Crippen molar-refractivity contribution in [3.05, 3.63) is 72.1 Å². The summed E-state index contributed by atoms with van der Waals surface area (Å²) in [5, 5.41) is 60.3. The zero-order valence-corrected chi connectivity index (χ0v) is 46.9. The molecule has 0 fully saturated rings. The minimum atomic E-state index is -1.92. The van der Waals surface area contributed by atoms with Crippen LogP contribution in [0, 0.1) is 11.8 Å². The van der Waals surface area contributed by atoms with Gasteiger partial charge in [0.1, 0.15) is 54.4 Å². The third kappa shape index (κ3) is 20.8. The Morgan fingerprint density at radius 3 is 1.29 bits per heavy atom. The van der Waals surface area contributed by atoms with Crippen LogP contribution in [0.3, 0.4) is 0 Å². The summed E-state index contributed by atoms with van der Waals surface area (Å²) in [6, 6.07) is -0.249. The largest absolute Gasteiger partial charge is 0.481 e. The first kappa shape index (κ1) is 66.6. The lowest BCUT2D eigenvalue weighted by atomic mass is 9.99. The van der Waals surface area contributed by atoms with Gasteiger partial charge < -0.3 is 84.4 Å². The maximum Gasteiger partial charge on any atom is 0.326 e. The number of primary amides is 1. The van der Waals surface area contributed by atoms with E-state index in [9.17, 15) is 78.0 Å². The summed E-state index contributed by atoms with van der Waals surface area (Å²) >= 11 is 0. The van der Waals surface area contributed by atoms with Crippen molar-refractivity contribution < 1.29 is 78.0 Å². The van der Waals surface area contributed by atoms with Gasteiger partial charge in [-0.15, -0.1) is 0 Å². The highest BCUT2D eigenvalue weighted by Crippen LogP contribution is 2.22. The highest BCUT2D eigenvalue weighted by molar-refractivity contribution is 6.00. The number of nitrogens with two attached hydrogens (primary N) is 2. The number of benzene rings is 2. The van der Waals surface area contributed by atoms with Crippen molar-refractivity contribution in [3.8, 4) is 0 Å². The lowest BCUT2D eigenvalue weighted by Gasteiger charge is -2.28. The fourth-order valence-corrected chi connectivity index (χ4v) is 8.85. The molecule has 10 atom stereocenters. The second kappa shape index (κ2) is 31.3. The molecule has 2 heterocycles. The number of rotatable bonds is 34. The number of carboxylic acids is 3. The van der Waals surface area contributed by atoms with Crippen molar-refractivity contribution in [2.24, 2.45) is 23.3 Å². The maximum atomic E-state index is 14.7. The van der Waals surface area contributed by atoms with E-state index in [2.05, 4.69) is 52.5 Å². The molecule has 0 radical (unpaired) electrons. The Bertz CT molecular complexity index is 2990. The van der Waals surface area contributed by atoms with Crippen LogP contribution in [-0.4, -0.2) is 162 Å². The van der Waals surface area contributed by atoms with E-state index >= 15 is 0 Å². The van der Waals surface area contributed by atoms with Gasteiger partial charge in [-0.25, -0.2) is 4.79 Å². The van der Waals surface area contributed by atoms with E-state index in [4.69, 9.17) is 11.5 Å². The Balaban J connectivity index is 1.70. The lowest BCUT2D eigenvalue weighted by molar-refractivity contribution is -0.143. The van der Waals surface area contributed by atoms with Crippen LogP contribution in [0.1, 0.15) is 97.6 Å². The lowest BCUT2D eigenvalue weighted by Crippen LogP contribution is -2.61. The van der Waals surface area contributed by atoms with Crippen molar-refractivity contribution in [2.45, 2.75) is 160 Å². The van der Waals surface area contributed by atoms with Crippen LogP contribution in [0.2, 0.25) is 0 Å². The highest BCUT2D eigenvalue weighted by atomic mass is 16.4. The third-order valence-electron chi connectivity index (χ3n) is 13.3. The number of carbonyl (C=O) groups excluding carboxylic acids is 9. The Hall–Kier alpha value is -8.92. The van der Waals surface area contributed by atoms with Crippen LogP contribution in [0.15, 0.2) is 60.9 Å². The molecule has 0 saturated heterocycles. The van der Waals surface area contributed by atoms with Gasteiger partial charge in [-0.2, -0.15) is 0 Å². The Kier molecular flexibility index (Phi) is 25.1. The smallest absolute Gasteiger partial charge is 0.326 e. The topological polar surface area (TPSA) is 466 Å². The molecular weight excluding hydrogens is 1080 g/mol. The molecule has 452 valence electrons. The minimum Gasteiger partial charge on any atom is -0.481 e. The van der Waals surface area contributed by atoms with E-state index in [0.29, 0.717) is 32.9 Å². The Morgan fingerprint density at radius 1 is 0.470 bits per heavy atom. The molecular formula is C55H76N12O16. The summed E-state index contributed by atoms with van der Waals surface area (Å²) in [4.78, 5) is 166. The number of carbonyl (C=O) groups is 12. The van der Waals surface area contributed by atoms with Crippen LogP contribution < -0.4 is 54.0 Å². The number of hydrogen-bond acceptors (Lipinski definition) is 14. The molecule has 0 saturated carbocycles. The summed E-state index contributed by atoms with van der Waals surface area (Å²) in [5.41, 5.74) is 13.1. The minimum absolute atomic E-state index is 0.0389. The van der Waals surface area contributed by atoms with Gasteiger partial charge in [-0.05, 0) is 74.6 Å². The number of aliphatic hydroxyl groups excluding tert-OH is 1. The number of aliphatic carboxylic acids is 3. The van der Waals surface area contributed by atoms with Crippen molar-refractivity contribution in [1.82, 2.24) is 52.5 Å². The second-order valence-electron chi connectivity index (χ2n) is 21.2. The molecule has 2 aromatic heterocycles. The van der Waals surface area contributed by atoms with Crippen molar-refractivity contribution >= 4 is 92.9 Å². The third-order valence-corrected chi connectivity index (χ3v) is 13.3. The van der Waals surface area contributed by atoms with Gasteiger partial charge in [-0.1, -0.05) is 64.1 Å². The number of carboxylic acid groups (broad SMARTS) is 3. The highest BCUT2D eigenvalue weighted by Gasteiger charge is 2.37. The first-order valence-electron chi connectivity index (χ1n) is 27.0. The normalized spacial score (nSPS) is 15.0. The molecule has 18 N–H and O–H groups in total.